The second-order valence-electron chi connectivity index (χ2n) is 4.64. The highest BCUT2D eigenvalue weighted by molar-refractivity contribution is 5.47. The predicted molar refractivity (Wildman–Crippen MR) is 79.6 cm³/mol. The third kappa shape index (κ3) is 3.89. The first-order valence-corrected chi connectivity index (χ1v) is 6.64. The van der Waals surface area contributed by atoms with Gasteiger partial charge in [-0.1, -0.05) is 67.3 Å². The van der Waals surface area contributed by atoms with E-state index in [9.17, 15) is 0 Å². The SMILES string of the molecule is C=Cc1cccc(CCCCc2ccccc2)c1. The number of hydrogen-bond acceptors (Lipinski definition) is 0. The molecule has 0 heterocycles. The second-order valence-corrected chi connectivity index (χ2v) is 4.64. The average molecular weight is 236 g/mol. The summed E-state index contributed by atoms with van der Waals surface area (Å²) in [5.74, 6) is 0. The van der Waals surface area contributed by atoms with E-state index in [1.165, 1.54) is 36.0 Å². The zero-order valence-corrected chi connectivity index (χ0v) is 10.8. The van der Waals surface area contributed by atoms with Gasteiger partial charge in [-0.25, -0.2) is 0 Å². The van der Waals surface area contributed by atoms with Crippen LogP contribution in [0.5, 0.6) is 0 Å². The van der Waals surface area contributed by atoms with Gasteiger partial charge in [0.1, 0.15) is 0 Å². The molecule has 0 unspecified atom stereocenters. The van der Waals surface area contributed by atoms with Crippen LogP contribution >= 0.6 is 0 Å². The summed E-state index contributed by atoms with van der Waals surface area (Å²) in [4.78, 5) is 0. The number of aryl methyl sites for hydroxylation is 2. The van der Waals surface area contributed by atoms with Crippen molar-refractivity contribution in [3.8, 4) is 0 Å². The van der Waals surface area contributed by atoms with Crippen LogP contribution in [-0.2, 0) is 12.8 Å². The van der Waals surface area contributed by atoms with Gasteiger partial charge < -0.3 is 0 Å². The van der Waals surface area contributed by atoms with Crippen molar-refractivity contribution in [2.24, 2.45) is 0 Å². The molecule has 0 aliphatic heterocycles. The Labute approximate surface area is 110 Å². The monoisotopic (exact) mass is 236 g/mol. The average Bonchev–Trinajstić information content (AvgIpc) is 2.45. The highest BCUT2D eigenvalue weighted by Gasteiger charge is 1.96. The molecule has 0 heteroatoms. The van der Waals surface area contributed by atoms with Gasteiger partial charge in [0.2, 0.25) is 0 Å². The summed E-state index contributed by atoms with van der Waals surface area (Å²) >= 11 is 0. The number of unbranched alkanes of at least 4 members (excludes halogenated alkanes) is 1. The van der Waals surface area contributed by atoms with Gasteiger partial charge in [-0.2, -0.15) is 0 Å². The van der Waals surface area contributed by atoms with Gasteiger partial charge in [0.05, 0.1) is 0 Å². The lowest BCUT2D eigenvalue weighted by molar-refractivity contribution is 0.734. The van der Waals surface area contributed by atoms with E-state index < -0.39 is 0 Å². The Kier molecular flexibility index (Phi) is 4.78. The largest absolute Gasteiger partial charge is 0.0985 e. The van der Waals surface area contributed by atoms with Crippen LogP contribution in [0.4, 0.5) is 0 Å². The standard InChI is InChI=1S/C18H20/c1-2-16-13-8-14-18(15-16)12-7-6-11-17-9-4-3-5-10-17/h2-5,8-10,13-15H,1,6-7,11-12H2. The summed E-state index contributed by atoms with van der Waals surface area (Å²) in [6.07, 6.45) is 6.75. The van der Waals surface area contributed by atoms with Crippen LogP contribution in [-0.4, -0.2) is 0 Å². The molecule has 0 nitrogen and oxygen atoms in total. The molecule has 92 valence electrons. The lowest BCUT2D eigenvalue weighted by Crippen LogP contribution is -1.89. The predicted octanol–water partition coefficient (Wildman–Crippen LogP) is 4.90. The van der Waals surface area contributed by atoms with E-state index in [0.717, 1.165) is 6.42 Å². The van der Waals surface area contributed by atoms with Crippen molar-refractivity contribution in [1.29, 1.82) is 0 Å². The van der Waals surface area contributed by atoms with Crippen LogP contribution in [0.1, 0.15) is 29.5 Å². The zero-order valence-electron chi connectivity index (χ0n) is 10.8. The fraction of sp³-hybridized carbons (Fsp3) is 0.222. The molecule has 0 fully saturated rings. The minimum atomic E-state index is 1.16. The zero-order chi connectivity index (χ0) is 12.6. The molecule has 0 amide bonds. The van der Waals surface area contributed by atoms with Gasteiger partial charge in [-0.3, -0.25) is 0 Å². The Hall–Kier alpha value is -1.82. The van der Waals surface area contributed by atoms with E-state index in [1.807, 2.05) is 6.08 Å². The Morgan fingerprint density at radius 3 is 2.17 bits per heavy atom. The first-order valence-electron chi connectivity index (χ1n) is 6.64. The van der Waals surface area contributed by atoms with Crippen molar-refractivity contribution < 1.29 is 0 Å². The van der Waals surface area contributed by atoms with Crippen LogP contribution in [0.2, 0.25) is 0 Å². The van der Waals surface area contributed by atoms with E-state index in [1.54, 1.807) is 0 Å². The van der Waals surface area contributed by atoms with Crippen molar-refractivity contribution in [1.82, 2.24) is 0 Å². The topological polar surface area (TPSA) is 0 Å². The van der Waals surface area contributed by atoms with E-state index in [2.05, 4.69) is 61.2 Å². The Bertz CT molecular complexity index is 482. The summed E-state index contributed by atoms with van der Waals surface area (Å²) in [7, 11) is 0. The molecule has 0 aliphatic carbocycles. The summed E-state index contributed by atoms with van der Waals surface area (Å²) in [5, 5.41) is 0. The number of benzene rings is 2. The van der Waals surface area contributed by atoms with E-state index in [-0.39, 0.29) is 0 Å². The molecule has 0 atom stereocenters. The highest BCUT2D eigenvalue weighted by atomic mass is 14.0. The summed E-state index contributed by atoms with van der Waals surface area (Å²) in [6.45, 7) is 3.81. The minimum Gasteiger partial charge on any atom is -0.0985 e. The lowest BCUT2D eigenvalue weighted by Gasteiger charge is -2.03. The van der Waals surface area contributed by atoms with Crippen molar-refractivity contribution in [2.75, 3.05) is 0 Å². The molecular weight excluding hydrogens is 216 g/mol. The van der Waals surface area contributed by atoms with Crippen LogP contribution in [0, 0.1) is 0 Å². The molecule has 0 N–H and O–H groups in total. The molecule has 2 aromatic carbocycles. The van der Waals surface area contributed by atoms with Gasteiger partial charge in [0, 0.05) is 0 Å². The third-order valence-electron chi connectivity index (χ3n) is 3.21. The summed E-state index contributed by atoms with van der Waals surface area (Å²) < 4.78 is 0. The van der Waals surface area contributed by atoms with Gasteiger partial charge in [0.15, 0.2) is 0 Å². The van der Waals surface area contributed by atoms with Gasteiger partial charge in [-0.05, 0) is 42.4 Å². The number of hydrogen-bond donors (Lipinski definition) is 0. The first kappa shape index (κ1) is 12.6. The molecule has 0 aliphatic rings. The molecule has 0 saturated carbocycles. The maximum atomic E-state index is 3.81. The fourth-order valence-corrected chi connectivity index (χ4v) is 2.18. The minimum absolute atomic E-state index is 1.16. The summed E-state index contributed by atoms with van der Waals surface area (Å²) in [6, 6.07) is 19.4. The highest BCUT2D eigenvalue weighted by Crippen LogP contribution is 2.11. The van der Waals surface area contributed by atoms with Crippen LogP contribution in [0.3, 0.4) is 0 Å². The molecule has 0 bridgehead atoms. The summed E-state index contributed by atoms with van der Waals surface area (Å²) in [5.41, 5.74) is 4.08. The van der Waals surface area contributed by atoms with Crippen LogP contribution in [0.25, 0.3) is 6.08 Å². The van der Waals surface area contributed by atoms with Crippen LogP contribution in [0.15, 0.2) is 61.2 Å². The van der Waals surface area contributed by atoms with Gasteiger partial charge >= 0.3 is 0 Å². The smallest absolute Gasteiger partial charge is 0.0260 e. The fourth-order valence-electron chi connectivity index (χ4n) is 2.18. The molecule has 0 radical (unpaired) electrons. The van der Waals surface area contributed by atoms with Gasteiger partial charge in [0.25, 0.3) is 0 Å². The maximum absolute atomic E-state index is 3.81. The molecule has 18 heavy (non-hydrogen) atoms. The Morgan fingerprint density at radius 1 is 0.778 bits per heavy atom. The van der Waals surface area contributed by atoms with E-state index in [4.69, 9.17) is 0 Å². The second kappa shape index (κ2) is 6.80. The van der Waals surface area contributed by atoms with Crippen molar-refractivity contribution in [3.63, 3.8) is 0 Å². The Balaban J connectivity index is 1.76. The molecule has 2 aromatic rings. The molecule has 0 saturated heterocycles. The third-order valence-corrected chi connectivity index (χ3v) is 3.21. The molecule has 0 spiro atoms. The Morgan fingerprint density at radius 2 is 1.44 bits per heavy atom. The molecular formula is C18H20. The quantitative estimate of drug-likeness (QED) is 0.626. The van der Waals surface area contributed by atoms with Crippen molar-refractivity contribution in [3.05, 3.63) is 77.9 Å². The number of rotatable bonds is 6. The van der Waals surface area contributed by atoms with Crippen molar-refractivity contribution >= 4 is 6.08 Å². The van der Waals surface area contributed by atoms with E-state index in [0.29, 0.717) is 0 Å². The van der Waals surface area contributed by atoms with Crippen LogP contribution < -0.4 is 0 Å². The molecule has 2 rings (SSSR count). The van der Waals surface area contributed by atoms with E-state index >= 15 is 0 Å². The molecule has 0 aromatic heterocycles. The normalized spacial score (nSPS) is 10.2. The van der Waals surface area contributed by atoms with Crippen molar-refractivity contribution in [2.45, 2.75) is 25.7 Å². The lowest BCUT2D eigenvalue weighted by atomic mass is 10.0. The van der Waals surface area contributed by atoms with Gasteiger partial charge in [-0.15, -0.1) is 0 Å². The first-order chi connectivity index (χ1) is 8.88. The maximum Gasteiger partial charge on any atom is -0.0260 e.